The van der Waals surface area contributed by atoms with E-state index >= 15 is 0 Å². The molecule has 48 heavy (non-hydrogen) atoms. The summed E-state index contributed by atoms with van der Waals surface area (Å²) >= 11 is 6.56. The minimum Gasteiger partial charge on any atom is -0.480 e. The number of fused-ring (bicyclic) bond motifs is 1. The van der Waals surface area contributed by atoms with E-state index in [0.717, 1.165) is 0 Å². The summed E-state index contributed by atoms with van der Waals surface area (Å²) in [5, 5.41) is 24.1. The molecule has 3 N–H and O–H groups in total. The maximum atomic E-state index is 15.0. The number of amides is 2. The van der Waals surface area contributed by atoms with Gasteiger partial charge in [0, 0.05) is 62.3 Å². The molecular formula is C32H29ClF2N8O5. The Bertz CT molecular complexity index is 1940. The molecule has 248 valence electrons. The van der Waals surface area contributed by atoms with Crippen molar-refractivity contribution in [2.45, 2.75) is 18.9 Å². The highest BCUT2D eigenvalue weighted by Gasteiger charge is 2.34. The number of carbonyl (C=O) groups is 3. The standard InChI is InChI=1S/C32H29ClF2N8O5/c33-22-15-19(1-2-20(22)31(45)41-10-5-18(6-11-41)30(44)42-12-8-37-23(17-42)32(46)47)40-28-29-39-16-24(43(29)13-9-38-28)21-3-4-25(48-14-7-36)27(35)26(21)34/h1-4,9,13,15-16,18,23,37H,5-6,8,10-12,14,17H2,(H,38,40)(H,46,47)/t23-/m0/s1. The van der Waals surface area contributed by atoms with Crippen LogP contribution in [0.4, 0.5) is 20.3 Å². The van der Waals surface area contributed by atoms with Gasteiger partial charge < -0.3 is 30.3 Å². The minimum absolute atomic E-state index is 0.0728. The van der Waals surface area contributed by atoms with Crippen molar-refractivity contribution in [3.63, 3.8) is 0 Å². The maximum absolute atomic E-state index is 15.0. The predicted octanol–water partition coefficient (Wildman–Crippen LogP) is 3.71. The van der Waals surface area contributed by atoms with Crippen LogP contribution in [0.2, 0.25) is 5.02 Å². The van der Waals surface area contributed by atoms with Crippen LogP contribution >= 0.6 is 11.6 Å². The molecular weight excluding hydrogens is 650 g/mol. The van der Waals surface area contributed by atoms with Crippen LogP contribution in [0.15, 0.2) is 48.9 Å². The molecule has 4 heterocycles. The third-order valence-corrected chi connectivity index (χ3v) is 8.73. The summed E-state index contributed by atoms with van der Waals surface area (Å²) in [5.74, 6) is -4.12. The third kappa shape index (κ3) is 6.44. The molecule has 0 bridgehead atoms. The van der Waals surface area contributed by atoms with E-state index in [1.165, 1.54) is 28.9 Å². The van der Waals surface area contributed by atoms with E-state index in [1.807, 2.05) is 0 Å². The number of benzene rings is 2. The lowest BCUT2D eigenvalue weighted by Gasteiger charge is -2.37. The van der Waals surface area contributed by atoms with Crippen LogP contribution in [0.25, 0.3) is 16.9 Å². The van der Waals surface area contributed by atoms with Crippen molar-refractivity contribution in [2.75, 3.05) is 44.6 Å². The van der Waals surface area contributed by atoms with Gasteiger partial charge in [-0.25, -0.2) is 14.4 Å². The van der Waals surface area contributed by atoms with Gasteiger partial charge in [0.1, 0.15) is 12.1 Å². The molecule has 2 saturated heterocycles. The number of imidazole rings is 1. The zero-order valence-electron chi connectivity index (χ0n) is 25.3. The average molecular weight is 679 g/mol. The monoisotopic (exact) mass is 678 g/mol. The number of nitrogens with zero attached hydrogens (tertiary/aromatic N) is 6. The zero-order valence-corrected chi connectivity index (χ0v) is 26.1. The molecule has 13 nitrogen and oxygen atoms in total. The Balaban J connectivity index is 1.12. The second-order valence-electron chi connectivity index (χ2n) is 11.3. The molecule has 0 radical (unpaired) electrons. The van der Waals surface area contributed by atoms with Crippen LogP contribution in [0, 0.1) is 28.9 Å². The SMILES string of the molecule is N#CCOc1ccc(-c2cnc3c(Nc4ccc(C(=O)N5CCC(C(=O)N6CCN[C@H](C(=O)O)C6)CC5)c(Cl)c4)nccn23)c(F)c1F. The summed E-state index contributed by atoms with van der Waals surface area (Å²) in [6.07, 6.45) is 5.29. The molecule has 0 saturated carbocycles. The topological polar surface area (TPSA) is 165 Å². The summed E-state index contributed by atoms with van der Waals surface area (Å²) in [5.41, 5.74) is 1.27. The molecule has 16 heteroatoms. The molecule has 2 aromatic heterocycles. The molecule has 2 aromatic carbocycles. The lowest BCUT2D eigenvalue weighted by molar-refractivity contribution is -0.144. The first kappa shape index (κ1) is 32.6. The van der Waals surface area contributed by atoms with E-state index in [-0.39, 0.29) is 51.9 Å². The maximum Gasteiger partial charge on any atom is 0.322 e. The van der Waals surface area contributed by atoms with Crippen molar-refractivity contribution in [1.82, 2.24) is 29.5 Å². The number of carbonyl (C=O) groups excluding carboxylic acids is 2. The molecule has 0 spiro atoms. The lowest BCUT2D eigenvalue weighted by atomic mass is 9.94. The fourth-order valence-electron chi connectivity index (χ4n) is 5.93. The largest absolute Gasteiger partial charge is 0.480 e. The number of nitrogens with one attached hydrogen (secondary N) is 2. The second kappa shape index (κ2) is 13.8. The second-order valence-corrected chi connectivity index (χ2v) is 11.7. The van der Waals surface area contributed by atoms with Crippen molar-refractivity contribution in [3.8, 4) is 23.1 Å². The normalized spacial score (nSPS) is 16.8. The third-order valence-electron chi connectivity index (χ3n) is 8.42. The Morgan fingerprint density at radius 3 is 2.62 bits per heavy atom. The number of rotatable bonds is 8. The Morgan fingerprint density at radius 1 is 1.10 bits per heavy atom. The molecule has 2 aliphatic heterocycles. The van der Waals surface area contributed by atoms with Gasteiger partial charge in [-0.05, 0) is 43.2 Å². The number of halogens is 3. The van der Waals surface area contributed by atoms with Crippen molar-refractivity contribution in [1.29, 1.82) is 5.26 Å². The first-order chi connectivity index (χ1) is 23.2. The van der Waals surface area contributed by atoms with Crippen molar-refractivity contribution in [2.24, 2.45) is 5.92 Å². The number of piperidine rings is 1. The van der Waals surface area contributed by atoms with Crippen molar-refractivity contribution < 1.29 is 33.0 Å². The smallest absolute Gasteiger partial charge is 0.322 e. The van der Waals surface area contributed by atoms with E-state index in [4.69, 9.17) is 21.6 Å². The number of hydrogen-bond acceptors (Lipinski definition) is 9. The van der Waals surface area contributed by atoms with E-state index < -0.39 is 30.3 Å². The van der Waals surface area contributed by atoms with Crippen molar-refractivity contribution in [3.05, 3.63) is 71.1 Å². The van der Waals surface area contributed by atoms with Crippen LogP contribution < -0.4 is 15.4 Å². The van der Waals surface area contributed by atoms with Gasteiger partial charge in [0.2, 0.25) is 11.7 Å². The quantitative estimate of drug-likeness (QED) is 0.250. The number of likely N-dealkylation sites (tertiary alicyclic amines) is 1. The number of ether oxygens (including phenoxy) is 1. The summed E-state index contributed by atoms with van der Waals surface area (Å²) in [6, 6.07) is 8.30. The Morgan fingerprint density at radius 2 is 1.90 bits per heavy atom. The molecule has 2 fully saturated rings. The highest BCUT2D eigenvalue weighted by Crippen LogP contribution is 2.32. The van der Waals surface area contributed by atoms with Crippen LogP contribution in [-0.2, 0) is 9.59 Å². The zero-order chi connectivity index (χ0) is 33.9. The van der Waals surface area contributed by atoms with Gasteiger partial charge in [-0.3, -0.25) is 18.8 Å². The van der Waals surface area contributed by atoms with Gasteiger partial charge in [0.05, 0.1) is 22.5 Å². The van der Waals surface area contributed by atoms with E-state index in [0.29, 0.717) is 56.2 Å². The number of carboxylic acid groups (broad SMARTS) is 1. The van der Waals surface area contributed by atoms with Gasteiger partial charge in [-0.15, -0.1) is 0 Å². The van der Waals surface area contributed by atoms with Gasteiger partial charge in [0.15, 0.2) is 29.6 Å². The van der Waals surface area contributed by atoms with Crippen LogP contribution in [0.1, 0.15) is 23.2 Å². The predicted molar refractivity (Wildman–Crippen MR) is 169 cm³/mol. The molecule has 2 aliphatic rings. The Kier molecular flexibility index (Phi) is 9.37. The Labute approximate surface area is 277 Å². The first-order valence-electron chi connectivity index (χ1n) is 15.1. The van der Waals surface area contributed by atoms with E-state index in [2.05, 4.69) is 20.6 Å². The highest BCUT2D eigenvalue weighted by atomic mass is 35.5. The summed E-state index contributed by atoms with van der Waals surface area (Å²) < 4.78 is 36.1. The molecule has 0 unspecified atom stereocenters. The van der Waals surface area contributed by atoms with Gasteiger partial charge >= 0.3 is 5.97 Å². The highest BCUT2D eigenvalue weighted by molar-refractivity contribution is 6.34. The summed E-state index contributed by atoms with van der Waals surface area (Å²) in [6.45, 7) is 1.25. The molecule has 1 atom stereocenters. The Hall–Kier alpha value is -5.33. The average Bonchev–Trinajstić information content (AvgIpc) is 3.53. The number of anilines is 2. The number of aromatic nitrogens is 3. The number of carboxylic acids is 1. The fourth-order valence-corrected chi connectivity index (χ4v) is 6.20. The van der Waals surface area contributed by atoms with E-state index in [1.54, 1.807) is 40.3 Å². The van der Waals surface area contributed by atoms with E-state index in [9.17, 15) is 28.3 Å². The van der Waals surface area contributed by atoms with Crippen LogP contribution in [0.5, 0.6) is 5.75 Å². The number of piperazine rings is 1. The summed E-state index contributed by atoms with van der Waals surface area (Å²) in [4.78, 5) is 49.7. The van der Waals surface area contributed by atoms with Crippen LogP contribution in [0.3, 0.4) is 0 Å². The lowest BCUT2D eigenvalue weighted by Crippen LogP contribution is -2.57. The fraction of sp³-hybridized carbons (Fsp3) is 0.312. The van der Waals surface area contributed by atoms with Crippen LogP contribution in [-0.4, -0.2) is 92.4 Å². The van der Waals surface area contributed by atoms with Gasteiger partial charge in [-0.2, -0.15) is 9.65 Å². The molecule has 6 rings (SSSR count). The number of nitriles is 1. The number of aliphatic carboxylic acids is 1. The first-order valence-corrected chi connectivity index (χ1v) is 15.4. The molecule has 2 amide bonds. The molecule has 0 aliphatic carbocycles. The van der Waals surface area contributed by atoms with Crippen molar-refractivity contribution >= 4 is 46.5 Å². The van der Waals surface area contributed by atoms with Gasteiger partial charge in [-0.1, -0.05) is 11.6 Å². The minimum atomic E-state index is -1.22. The summed E-state index contributed by atoms with van der Waals surface area (Å²) in [7, 11) is 0. The number of hydrogen-bond donors (Lipinski definition) is 3. The van der Waals surface area contributed by atoms with Gasteiger partial charge in [0.25, 0.3) is 5.91 Å². The molecule has 4 aromatic rings.